The smallest absolute Gasteiger partial charge is 0.166 e. The summed E-state index contributed by atoms with van der Waals surface area (Å²) >= 11 is 0. The molecule has 0 bridgehead atoms. The van der Waals surface area contributed by atoms with Crippen LogP contribution in [0.1, 0.15) is 8.22 Å². The molecule has 0 N–H and O–H groups in total. The molecule has 0 atom stereocenters. The minimum absolute atomic E-state index is 0.0114. The molecule has 0 amide bonds. The lowest BCUT2D eigenvalue weighted by atomic mass is 9.97. The van der Waals surface area contributed by atoms with Gasteiger partial charge in [0, 0.05) is 60.1 Å². The molecular weight excluding hydrogens is 701 g/mol. The predicted molar refractivity (Wildman–Crippen MR) is 230 cm³/mol. The average Bonchev–Trinajstić information content (AvgIpc) is 4.01. The van der Waals surface area contributed by atoms with Gasteiger partial charge in [-0.1, -0.05) is 133 Å². The third kappa shape index (κ3) is 4.87. The largest absolute Gasteiger partial charge is 0.456 e. The van der Waals surface area contributed by atoms with Crippen LogP contribution in [0.25, 0.3) is 117 Å². The van der Waals surface area contributed by atoms with Crippen LogP contribution >= 0.6 is 0 Å². The summed E-state index contributed by atoms with van der Waals surface area (Å²) in [5, 5.41) is 4.05. The molecule has 0 fully saturated rings. The van der Waals surface area contributed by atoms with E-state index in [4.69, 9.17) is 30.6 Å². The van der Waals surface area contributed by atoms with E-state index in [1.54, 1.807) is 0 Å². The second-order valence-corrected chi connectivity index (χ2v) is 13.9. The molecule has 0 aliphatic heterocycles. The molecule has 0 unspecified atom stereocenters. The molecular formula is C51H30N4O2. The third-order valence-corrected chi connectivity index (χ3v) is 10.6. The van der Waals surface area contributed by atoms with E-state index in [0.29, 0.717) is 34.3 Å². The first-order valence-electron chi connectivity index (χ1n) is 21.5. The van der Waals surface area contributed by atoms with E-state index in [-0.39, 0.29) is 63.8 Å². The molecule has 0 spiro atoms. The number of nitrogens with zero attached hydrogens (tertiary/aromatic N) is 4. The second kappa shape index (κ2) is 12.3. The van der Waals surface area contributed by atoms with Gasteiger partial charge in [0.05, 0.1) is 24.9 Å². The van der Waals surface area contributed by atoms with Gasteiger partial charge in [-0.3, -0.25) is 0 Å². The molecule has 4 heterocycles. The number of hydrogen-bond donors (Lipinski definition) is 0. The SMILES string of the molecule is [2H]c1cc([2H])c2oc3c(-c4cccc(-c5nc(-c6ccccc6)nc(-c6ccc7oc8ccccc8c7c6)n5)c4-n4c5ccccc5c5ccccc54)c([2H])c([2H])c([2H])c3c2c1[2H]. The van der Waals surface area contributed by atoms with Gasteiger partial charge in [-0.25, -0.2) is 15.0 Å². The molecule has 0 saturated heterocycles. The molecule has 0 aliphatic rings. The van der Waals surface area contributed by atoms with Crippen LogP contribution in [0.5, 0.6) is 0 Å². The predicted octanol–water partition coefficient (Wildman–Crippen LogP) is 13.4. The molecule has 8 aromatic carbocycles. The van der Waals surface area contributed by atoms with Crippen molar-refractivity contribution in [2.45, 2.75) is 0 Å². The monoisotopic (exact) mass is 736 g/mol. The standard InChI is InChI=1S/C51H30N4O2/c1-2-14-31(15-3-1)49-52-50(32-28-29-46-41(30-32)36-19-7-10-26-44(36)56-46)54-51(53-49)40-23-12-20-37(39-22-13-21-38-35-18-6-11-27-45(35)57-48(38)39)47(40)55-42-24-8-4-16-33(42)34-17-5-9-25-43(34)55/h1-30H/i6D,13D,18D,21D,22D,27D. The topological polar surface area (TPSA) is 69.9 Å². The Kier molecular flexibility index (Phi) is 5.64. The summed E-state index contributed by atoms with van der Waals surface area (Å²) in [5.41, 5.74) is 6.67. The van der Waals surface area contributed by atoms with Crippen LogP contribution in [0.3, 0.4) is 0 Å². The Labute approximate surface area is 334 Å². The number of aromatic nitrogens is 4. The van der Waals surface area contributed by atoms with E-state index in [1.807, 2.05) is 127 Å². The lowest BCUT2D eigenvalue weighted by molar-refractivity contribution is 0.669. The molecule has 12 aromatic rings. The van der Waals surface area contributed by atoms with Crippen LogP contribution in [0.4, 0.5) is 0 Å². The highest BCUT2D eigenvalue weighted by Crippen LogP contribution is 2.44. The highest BCUT2D eigenvalue weighted by Gasteiger charge is 2.24. The number of rotatable bonds is 5. The Morgan fingerprint density at radius 2 is 1.07 bits per heavy atom. The summed E-state index contributed by atoms with van der Waals surface area (Å²) in [7, 11) is 0. The van der Waals surface area contributed by atoms with Crippen molar-refractivity contribution in [1.82, 2.24) is 19.5 Å². The molecule has 57 heavy (non-hydrogen) atoms. The summed E-state index contributed by atoms with van der Waals surface area (Å²) < 4.78 is 68.6. The van der Waals surface area contributed by atoms with Crippen molar-refractivity contribution in [3.63, 3.8) is 0 Å². The van der Waals surface area contributed by atoms with Crippen molar-refractivity contribution >= 4 is 65.7 Å². The Bertz CT molecular complexity index is 3840. The minimum atomic E-state index is -0.379. The summed E-state index contributed by atoms with van der Waals surface area (Å²) in [4.78, 5) is 15.5. The Balaban J connectivity index is 1.22. The van der Waals surface area contributed by atoms with Crippen molar-refractivity contribution in [2.24, 2.45) is 0 Å². The molecule has 6 heteroatoms. The van der Waals surface area contributed by atoms with E-state index >= 15 is 0 Å². The molecule has 12 rings (SSSR count). The van der Waals surface area contributed by atoms with Gasteiger partial charge in [0.15, 0.2) is 17.5 Å². The van der Waals surface area contributed by atoms with Crippen LogP contribution in [-0.4, -0.2) is 19.5 Å². The van der Waals surface area contributed by atoms with Gasteiger partial charge < -0.3 is 13.4 Å². The minimum Gasteiger partial charge on any atom is -0.456 e. The number of hydrogen-bond acceptors (Lipinski definition) is 5. The fourth-order valence-electron chi connectivity index (χ4n) is 8.10. The van der Waals surface area contributed by atoms with Gasteiger partial charge in [0.25, 0.3) is 0 Å². The van der Waals surface area contributed by atoms with E-state index in [9.17, 15) is 1.37 Å². The van der Waals surface area contributed by atoms with Crippen LogP contribution in [0, 0.1) is 0 Å². The van der Waals surface area contributed by atoms with E-state index in [0.717, 1.165) is 54.9 Å². The lowest BCUT2D eigenvalue weighted by Crippen LogP contribution is -2.05. The highest BCUT2D eigenvalue weighted by atomic mass is 16.3. The Morgan fingerprint density at radius 1 is 0.404 bits per heavy atom. The summed E-state index contributed by atoms with van der Waals surface area (Å²) in [6, 6.07) is 45.0. The maximum atomic E-state index is 9.55. The first kappa shape index (κ1) is 26.1. The number of furan rings is 2. The van der Waals surface area contributed by atoms with Crippen LogP contribution in [0.15, 0.2) is 191 Å². The fraction of sp³-hybridized carbons (Fsp3) is 0. The molecule has 0 saturated carbocycles. The van der Waals surface area contributed by atoms with Gasteiger partial charge in [0.1, 0.15) is 22.3 Å². The van der Waals surface area contributed by atoms with Crippen LogP contribution in [0.2, 0.25) is 0 Å². The zero-order valence-electron chi connectivity index (χ0n) is 36.0. The van der Waals surface area contributed by atoms with Crippen molar-refractivity contribution in [3.05, 3.63) is 182 Å². The third-order valence-electron chi connectivity index (χ3n) is 10.6. The Morgan fingerprint density at radius 3 is 1.89 bits per heavy atom. The van der Waals surface area contributed by atoms with Gasteiger partial charge in [-0.2, -0.15) is 0 Å². The Hall–Kier alpha value is -7.83. The molecule has 266 valence electrons. The zero-order chi connectivity index (χ0) is 42.7. The van der Waals surface area contributed by atoms with Crippen LogP contribution in [-0.2, 0) is 0 Å². The van der Waals surface area contributed by atoms with E-state index < -0.39 is 0 Å². The second-order valence-electron chi connectivity index (χ2n) is 13.9. The van der Waals surface area contributed by atoms with Crippen molar-refractivity contribution < 1.29 is 17.1 Å². The van der Waals surface area contributed by atoms with Crippen molar-refractivity contribution in [3.8, 4) is 51.0 Å². The van der Waals surface area contributed by atoms with Gasteiger partial charge >= 0.3 is 0 Å². The van der Waals surface area contributed by atoms with Gasteiger partial charge in [-0.15, -0.1) is 0 Å². The van der Waals surface area contributed by atoms with E-state index in [2.05, 4.69) is 16.7 Å². The first-order chi connectivity index (χ1) is 30.7. The first-order valence-corrected chi connectivity index (χ1v) is 18.5. The summed E-state index contributed by atoms with van der Waals surface area (Å²) in [6.07, 6.45) is 0. The normalized spacial score (nSPS) is 13.3. The fourth-order valence-corrected chi connectivity index (χ4v) is 8.10. The average molecular weight is 737 g/mol. The number of fused-ring (bicyclic) bond motifs is 9. The number of para-hydroxylation sites is 6. The van der Waals surface area contributed by atoms with Gasteiger partial charge in [0.2, 0.25) is 0 Å². The maximum absolute atomic E-state index is 9.55. The number of benzene rings is 8. The quantitative estimate of drug-likeness (QED) is 0.176. The van der Waals surface area contributed by atoms with Gasteiger partial charge in [-0.05, 0) is 48.5 Å². The summed E-state index contributed by atoms with van der Waals surface area (Å²) in [5.74, 6) is 1.21. The molecule has 0 radical (unpaired) electrons. The van der Waals surface area contributed by atoms with Crippen molar-refractivity contribution in [1.29, 1.82) is 0 Å². The molecule has 0 aliphatic carbocycles. The molecule has 6 nitrogen and oxygen atoms in total. The highest BCUT2D eigenvalue weighted by molar-refractivity contribution is 6.13. The summed E-state index contributed by atoms with van der Waals surface area (Å²) in [6.45, 7) is 0. The van der Waals surface area contributed by atoms with Crippen molar-refractivity contribution in [2.75, 3.05) is 0 Å². The lowest BCUT2D eigenvalue weighted by Gasteiger charge is -2.19. The van der Waals surface area contributed by atoms with Crippen LogP contribution < -0.4 is 0 Å². The zero-order valence-corrected chi connectivity index (χ0v) is 30.0. The molecule has 4 aromatic heterocycles. The van der Waals surface area contributed by atoms with E-state index in [1.165, 1.54) is 6.07 Å². The maximum Gasteiger partial charge on any atom is 0.166 e.